The highest BCUT2D eigenvalue weighted by Gasteiger charge is 2.13. The second-order valence-corrected chi connectivity index (χ2v) is 4.86. The first-order chi connectivity index (χ1) is 8.43. The minimum Gasteiger partial charge on any atom is -0.378 e. The van der Waals surface area contributed by atoms with Gasteiger partial charge in [0.05, 0.1) is 18.6 Å². The summed E-state index contributed by atoms with van der Waals surface area (Å²) in [6.45, 7) is 3.30. The van der Waals surface area contributed by atoms with Crippen LogP contribution in [0.2, 0.25) is 0 Å². The minimum atomic E-state index is 0.354. The second-order valence-electron chi connectivity index (χ2n) is 3.97. The predicted molar refractivity (Wildman–Crippen MR) is 68.5 cm³/mol. The molecule has 0 spiro atoms. The molecule has 90 valence electrons. The third kappa shape index (κ3) is 2.38. The summed E-state index contributed by atoms with van der Waals surface area (Å²) in [6.07, 6.45) is 1.60. The molecule has 1 aliphatic heterocycles. The quantitative estimate of drug-likeness (QED) is 0.854. The normalized spacial score (nSPS) is 20.6. The SMILES string of the molecule is c1nc(NCC2COCCN2)c2ccsc2n1. The van der Waals surface area contributed by atoms with E-state index in [9.17, 15) is 0 Å². The van der Waals surface area contributed by atoms with Crippen molar-refractivity contribution in [3.8, 4) is 0 Å². The Balaban J connectivity index is 1.69. The summed E-state index contributed by atoms with van der Waals surface area (Å²) < 4.78 is 5.41. The van der Waals surface area contributed by atoms with Crippen LogP contribution in [0, 0.1) is 0 Å². The van der Waals surface area contributed by atoms with Crippen LogP contribution < -0.4 is 10.6 Å². The van der Waals surface area contributed by atoms with Crippen molar-refractivity contribution in [1.82, 2.24) is 15.3 Å². The Labute approximate surface area is 103 Å². The van der Waals surface area contributed by atoms with Gasteiger partial charge in [0.15, 0.2) is 0 Å². The summed E-state index contributed by atoms with van der Waals surface area (Å²) in [5.74, 6) is 0.906. The second kappa shape index (κ2) is 4.95. The summed E-state index contributed by atoms with van der Waals surface area (Å²) in [7, 11) is 0. The largest absolute Gasteiger partial charge is 0.378 e. The van der Waals surface area contributed by atoms with E-state index in [1.165, 1.54) is 0 Å². The number of fused-ring (bicyclic) bond motifs is 1. The average Bonchev–Trinajstić information content (AvgIpc) is 2.86. The Kier molecular flexibility index (Phi) is 3.17. The summed E-state index contributed by atoms with van der Waals surface area (Å²) in [6, 6.07) is 2.40. The summed E-state index contributed by atoms with van der Waals surface area (Å²) in [5, 5.41) is 9.89. The lowest BCUT2D eigenvalue weighted by Gasteiger charge is -2.24. The fourth-order valence-corrected chi connectivity index (χ4v) is 2.63. The molecule has 0 aliphatic carbocycles. The van der Waals surface area contributed by atoms with Crippen LogP contribution >= 0.6 is 11.3 Å². The van der Waals surface area contributed by atoms with Gasteiger partial charge in [-0.3, -0.25) is 0 Å². The molecule has 2 aromatic heterocycles. The van der Waals surface area contributed by atoms with Gasteiger partial charge in [-0.1, -0.05) is 0 Å². The van der Waals surface area contributed by atoms with E-state index >= 15 is 0 Å². The van der Waals surface area contributed by atoms with Gasteiger partial charge in [0.25, 0.3) is 0 Å². The molecule has 1 fully saturated rings. The highest BCUT2D eigenvalue weighted by molar-refractivity contribution is 7.16. The predicted octanol–water partition coefficient (Wildman–Crippen LogP) is 1.09. The zero-order valence-electron chi connectivity index (χ0n) is 9.35. The van der Waals surface area contributed by atoms with Crippen molar-refractivity contribution < 1.29 is 4.74 Å². The van der Waals surface area contributed by atoms with Gasteiger partial charge in [-0.2, -0.15) is 0 Å². The fraction of sp³-hybridized carbons (Fsp3) is 0.455. The third-order valence-corrected chi connectivity index (χ3v) is 3.60. The summed E-state index contributed by atoms with van der Waals surface area (Å²) in [5.41, 5.74) is 0. The molecule has 2 N–H and O–H groups in total. The van der Waals surface area contributed by atoms with Gasteiger partial charge >= 0.3 is 0 Å². The van der Waals surface area contributed by atoms with Crippen LogP contribution in [0.4, 0.5) is 5.82 Å². The van der Waals surface area contributed by atoms with Gasteiger partial charge in [-0.15, -0.1) is 11.3 Å². The molecule has 0 aromatic carbocycles. The molecular formula is C11H14N4OS. The van der Waals surface area contributed by atoms with Gasteiger partial charge in [-0.05, 0) is 11.4 Å². The number of nitrogens with one attached hydrogen (secondary N) is 2. The molecule has 3 heterocycles. The standard InChI is InChI=1S/C11H14N4OS/c1-4-17-11-9(1)10(14-7-15-11)13-5-8-6-16-3-2-12-8/h1,4,7-8,12H,2-3,5-6H2,(H,13,14,15). The van der Waals surface area contributed by atoms with E-state index < -0.39 is 0 Å². The minimum absolute atomic E-state index is 0.354. The number of ether oxygens (including phenoxy) is 1. The van der Waals surface area contributed by atoms with Crippen LogP contribution in [0.25, 0.3) is 10.2 Å². The van der Waals surface area contributed by atoms with E-state index in [-0.39, 0.29) is 0 Å². The zero-order chi connectivity index (χ0) is 11.5. The Bertz CT molecular complexity index is 495. The molecule has 1 unspecified atom stereocenters. The molecule has 0 radical (unpaired) electrons. The van der Waals surface area contributed by atoms with Crippen LogP contribution in [0.1, 0.15) is 0 Å². The highest BCUT2D eigenvalue weighted by Crippen LogP contribution is 2.23. The van der Waals surface area contributed by atoms with Gasteiger partial charge < -0.3 is 15.4 Å². The highest BCUT2D eigenvalue weighted by atomic mass is 32.1. The first-order valence-electron chi connectivity index (χ1n) is 5.67. The zero-order valence-corrected chi connectivity index (χ0v) is 10.2. The molecule has 3 rings (SSSR count). The molecule has 2 aromatic rings. The molecular weight excluding hydrogens is 236 g/mol. The molecule has 0 bridgehead atoms. The smallest absolute Gasteiger partial charge is 0.138 e. The van der Waals surface area contributed by atoms with E-state index in [2.05, 4.69) is 20.6 Å². The van der Waals surface area contributed by atoms with Crippen LogP contribution in [0.5, 0.6) is 0 Å². The Morgan fingerprint density at radius 3 is 3.41 bits per heavy atom. The van der Waals surface area contributed by atoms with Crippen LogP contribution in [-0.4, -0.2) is 42.3 Å². The number of nitrogens with zero attached hydrogens (tertiary/aromatic N) is 2. The van der Waals surface area contributed by atoms with Crippen molar-refractivity contribution in [2.45, 2.75) is 6.04 Å². The van der Waals surface area contributed by atoms with Gasteiger partial charge in [0.2, 0.25) is 0 Å². The van der Waals surface area contributed by atoms with Crippen molar-refractivity contribution >= 4 is 27.4 Å². The number of hydrogen-bond acceptors (Lipinski definition) is 6. The molecule has 5 nitrogen and oxygen atoms in total. The van der Waals surface area contributed by atoms with Crippen molar-refractivity contribution in [3.05, 3.63) is 17.8 Å². The van der Waals surface area contributed by atoms with Crippen molar-refractivity contribution in [2.24, 2.45) is 0 Å². The van der Waals surface area contributed by atoms with Crippen LogP contribution in [-0.2, 0) is 4.74 Å². The topological polar surface area (TPSA) is 59.1 Å². The van der Waals surface area contributed by atoms with Crippen LogP contribution in [0.3, 0.4) is 0 Å². The van der Waals surface area contributed by atoms with Crippen LogP contribution in [0.15, 0.2) is 17.8 Å². The number of anilines is 1. The lowest BCUT2D eigenvalue weighted by atomic mass is 10.2. The Hall–Kier alpha value is -1.24. The molecule has 0 saturated carbocycles. The van der Waals surface area contributed by atoms with Gasteiger partial charge in [0, 0.05) is 19.1 Å². The monoisotopic (exact) mass is 250 g/mol. The van der Waals surface area contributed by atoms with Crippen molar-refractivity contribution in [3.63, 3.8) is 0 Å². The third-order valence-electron chi connectivity index (χ3n) is 2.78. The van der Waals surface area contributed by atoms with Gasteiger partial charge in [-0.25, -0.2) is 9.97 Å². The van der Waals surface area contributed by atoms with Crippen molar-refractivity contribution in [2.75, 3.05) is 31.6 Å². The summed E-state index contributed by atoms with van der Waals surface area (Å²) in [4.78, 5) is 9.53. The first kappa shape index (κ1) is 10.9. The summed E-state index contributed by atoms with van der Waals surface area (Å²) >= 11 is 1.63. The molecule has 17 heavy (non-hydrogen) atoms. The van der Waals surface area contributed by atoms with E-state index in [1.807, 2.05) is 11.4 Å². The fourth-order valence-electron chi connectivity index (χ4n) is 1.90. The maximum absolute atomic E-state index is 5.41. The number of hydrogen-bond donors (Lipinski definition) is 2. The van der Waals surface area contributed by atoms with Gasteiger partial charge in [0.1, 0.15) is 17.0 Å². The number of morpholine rings is 1. The maximum atomic E-state index is 5.41. The van der Waals surface area contributed by atoms with E-state index in [1.54, 1.807) is 17.7 Å². The number of rotatable bonds is 3. The Morgan fingerprint density at radius 1 is 1.53 bits per heavy atom. The first-order valence-corrected chi connectivity index (χ1v) is 6.54. The van der Waals surface area contributed by atoms with E-state index in [4.69, 9.17) is 4.74 Å². The molecule has 0 amide bonds. The maximum Gasteiger partial charge on any atom is 0.138 e. The lowest BCUT2D eigenvalue weighted by Crippen LogP contribution is -2.45. The lowest BCUT2D eigenvalue weighted by molar-refractivity contribution is 0.0806. The molecule has 1 atom stereocenters. The number of thiophene rings is 1. The molecule has 1 saturated heterocycles. The molecule has 6 heteroatoms. The van der Waals surface area contributed by atoms with E-state index in [0.29, 0.717) is 6.04 Å². The number of aromatic nitrogens is 2. The molecule has 1 aliphatic rings. The average molecular weight is 250 g/mol. The van der Waals surface area contributed by atoms with E-state index in [0.717, 1.165) is 42.3 Å². The Morgan fingerprint density at radius 2 is 2.53 bits per heavy atom. The van der Waals surface area contributed by atoms with Crippen molar-refractivity contribution in [1.29, 1.82) is 0 Å².